The minimum absolute atomic E-state index is 0.204. The van der Waals surface area contributed by atoms with Crippen molar-refractivity contribution in [3.05, 3.63) is 23.8 Å². The number of methoxy groups -OCH3 is 1. The SMILES string of the molecule is CCCOc1cc(CC2CN(CCC)CCC2O)ccc1OC. The Bertz CT molecular complexity index is 478. The lowest BCUT2D eigenvalue weighted by Crippen LogP contribution is -2.44. The van der Waals surface area contributed by atoms with Crippen molar-refractivity contribution in [3.8, 4) is 11.5 Å². The van der Waals surface area contributed by atoms with Gasteiger partial charge in [0.05, 0.1) is 19.8 Å². The van der Waals surface area contributed by atoms with E-state index >= 15 is 0 Å². The van der Waals surface area contributed by atoms with Crippen molar-refractivity contribution in [2.75, 3.05) is 33.4 Å². The summed E-state index contributed by atoms with van der Waals surface area (Å²) < 4.78 is 11.2. The molecule has 0 aromatic heterocycles. The molecule has 1 aromatic rings. The van der Waals surface area contributed by atoms with Crippen LogP contribution in [0, 0.1) is 5.92 Å². The molecule has 0 radical (unpaired) electrons. The van der Waals surface area contributed by atoms with Gasteiger partial charge in [-0.05, 0) is 49.9 Å². The first-order chi connectivity index (χ1) is 11.2. The molecule has 130 valence electrons. The maximum Gasteiger partial charge on any atom is 0.161 e. The van der Waals surface area contributed by atoms with Crippen molar-refractivity contribution in [1.29, 1.82) is 0 Å². The number of likely N-dealkylation sites (tertiary alicyclic amines) is 1. The van der Waals surface area contributed by atoms with Crippen LogP contribution in [0.5, 0.6) is 11.5 Å². The van der Waals surface area contributed by atoms with Gasteiger partial charge in [0.25, 0.3) is 0 Å². The summed E-state index contributed by atoms with van der Waals surface area (Å²) >= 11 is 0. The summed E-state index contributed by atoms with van der Waals surface area (Å²) in [7, 11) is 1.67. The summed E-state index contributed by atoms with van der Waals surface area (Å²) in [5, 5.41) is 10.3. The fraction of sp³-hybridized carbons (Fsp3) is 0.684. The van der Waals surface area contributed by atoms with Crippen LogP contribution in [0.2, 0.25) is 0 Å². The van der Waals surface area contributed by atoms with Crippen LogP contribution in [0.15, 0.2) is 18.2 Å². The van der Waals surface area contributed by atoms with Crippen molar-refractivity contribution >= 4 is 0 Å². The molecule has 4 heteroatoms. The van der Waals surface area contributed by atoms with Crippen LogP contribution in [0.4, 0.5) is 0 Å². The van der Waals surface area contributed by atoms with Gasteiger partial charge in [-0.1, -0.05) is 19.9 Å². The number of hydrogen-bond acceptors (Lipinski definition) is 4. The number of ether oxygens (including phenoxy) is 2. The Labute approximate surface area is 140 Å². The van der Waals surface area contributed by atoms with E-state index in [-0.39, 0.29) is 6.10 Å². The Hall–Kier alpha value is -1.26. The van der Waals surface area contributed by atoms with E-state index in [1.54, 1.807) is 7.11 Å². The fourth-order valence-electron chi connectivity index (χ4n) is 3.29. The number of nitrogens with zero attached hydrogens (tertiary/aromatic N) is 1. The van der Waals surface area contributed by atoms with Crippen LogP contribution in [-0.4, -0.2) is 49.5 Å². The van der Waals surface area contributed by atoms with Crippen LogP contribution in [0.1, 0.15) is 38.7 Å². The minimum Gasteiger partial charge on any atom is -0.493 e. The largest absolute Gasteiger partial charge is 0.493 e. The van der Waals surface area contributed by atoms with Gasteiger partial charge >= 0.3 is 0 Å². The number of aliphatic hydroxyl groups is 1. The second kappa shape index (κ2) is 9.14. The average molecular weight is 321 g/mol. The molecule has 23 heavy (non-hydrogen) atoms. The van der Waals surface area contributed by atoms with Crippen molar-refractivity contribution < 1.29 is 14.6 Å². The maximum atomic E-state index is 10.3. The van der Waals surface area contributed by atoms with Crippen LogP contribution in [0.25, 0.3) is 0 Å². The van der Waals surface area contributed by atoms with Crippen LogP contribution < -0.4 is 9.47 Å². The molecule has 1 aliphatic rings. The summed E-state index contributed by atoms with van der Waals surface area (Å²) in [4.78, 5) is 2.47. The Kier molecular flexibility index (Phi) is 7.18. The zero-order valence-corrected chi connectivity index (χ0v) is 14.8. The molecular formula is C19H31NO3. The van der Waals surface area contributed by atoms with Crippen molar-refractivity contribution in [2.45, 2.75) is 45.6 Å². The molecule has 0 bridgehead atoms. The van der Waals surface area contributed by atoms with Gasteiger partial charge in [0.1, 0.15) is 0 Å². The Morgan fingerprint density at radius 3 is 2.74 bits per heavy atom. The van der Waals surface area contributed by atoms with E-state index in [1.807, 2.05) is 6.07 Å². The molecule has 1 saturated heterocycles. The molecule has 1 heterocycles. The monoisotopic (exact) mass is 321 g/mol. The lowest BCUT2D eigenvalue weighted by molar-refractivity contribution is 0.0270. The van der Waals surface area contributed by atoms with Gasteiger partial charge in [-0.15, -0.1) is 0 Å². The van der Waals surface area contributed by atoms with E-state index in [9.17, 15) is 5.11 Å². The van der Waals surface area contributed by atoms with Gasteiger partial charge in [0.15, 0.2) is 11.5 Å². The summed E-state index contributed by atoms with van der Waals surface area (Å²) in [6, 6.07) is 6.13. The molecule has 2 atom stereocenters. The molecule has 1 aliphatic heterocycles. The molecule has 0 aliphatic carbocycles. The molecule has 0 saturated carbocycles. The molecule has 0 amide bonds. The predicted octanol–water partition coefficient (Wildman–Crippen LogP) is 3.12. The number of aliphatic hydroxyl groups excluding tert-OH is 1. The topological polar surface area (TPSA) is 41.9 Å². The van der Waals surface area contributed by atoms with Crippen molar-refractivity contribution in [1.82, 2.24) is 4.90 Å². The highest BCUT2D eigenvalue weighted by molar-refractivity contribution is 5.43. The molecule has 4 nitrogen and oxygen atoms in total. The third-order valence-electron chi connectivity index (χ3n) is 4.51. The van der Waals surface area contributed by atoms with E-state index in [0.29, 0.717) is 12.5 Å². The zero-order valence-electron chi connectivity index (χ0n) is 14.8. The third-order valence-corrected chi connectivity index (χ3v) is 4.51. The fourth-order valence-corrected chi connectivity index (χ4v) is 3.29. The molecule has 0 spiro atoms. The number of rotatable bonds is 8. The summed E-state index contributed by atoms with van der Waals surface area (Å²) in [6.07, 6.45) is 3.69. The second-order valence-corrected chi connectivity index (χ2v) is 6.45. The quantitative estimate of drug-likeness (QED) is 0.799. The van der Waals surface area contributed by atoms with Crippen LogP contribution in [0.3, 0.4) is 0 Å². The van der Waals surface area contributed by atoms with E-state index in [0.717, 1.165) is 50.4 Å². The first kappa shape index (κ1) is 18.1. The Balaban J connectivity index is 2.05. The van der Waals surface area contributed by atoms with E-state index < -0.39 is 0 Å². The van der Waals surface area contributed by atoms with Crippen molar-refractivity contribution in [3.63, 3.8) is 0 Å². The van der Waals surface area contributed by atoms with Gasteiger partial charge in [-0.25, -0.2) is 0 Å². The smallest absolute Gasteiger partial charge is 0.161 e. The Morgan fingerprint density at radius 2 is 2.04 bits per heavy atom. The van der Waals surface area contributed by atoms with Gasteiger partial charge in [-0.3, -0.25) is 0 Å². The number of piperidine rings is 1. The highest BCUT2D eigenvalue weighted by Crippen LogP contribution is 2.30. The first-order valence-corrected chi connectivity index (χ1v) is 8.88. The molecule has 1 fully saturated rings. The molecule has 1 aromatic carbocycles. The highest BCUT2D eigenvalue weighted by atomic mass is 16.5. The van der Waals surface area contributed by atoms with E-state index in [4.69, 9.17) is 9.47 Å². The zero-order chi connectivity index (χ0) is 16.7. The van der Waals surface area contributed by atoms with Crippen LogP contribution >= 0.6 is 0 Å². The normalized spacial score (nSPS) is 22.1. The standard InChI is InChI=1S/C19H31NO3/c1-4-9-20-10-8-17(21)16(14-20)12-15-6-7-18(22-3)19(13-15)23-11-5-2/h6-7,13,16-17,21H,4-5,8-12,14H2,1-3H3. The predicted molar refractivity (Wildman–Crippen MR) is 93.3 cm³/mol. The first-order valence-electron chi connectivity index (χ1n) is 8.88. The summed E-state index contributed by atoms with van der Waals surface area (Å²) in [6.45, 7) is 8.11. The lowest BCUT2D eigenvalue weighted by Gasteiger charge is -2.36. The summed E-state index contributed by atoms with van der Waals surface area (Å²) in [5.74, 6) is 1.88. The second-order valence-electron chi connectivity index (χ2n) is 6.45. The van der Waals surface area contributed by atoms with Crippen LogP contribution in [-0.2, 0) is 6.42 Å². The molecule has 2 unspecified atom stereocenters. The average Bonchev–Trinajstić information content (AvgIpc) is 2.56. The van der Waals surface area contributed by atoms with Gasteiger partial charge < -0.3 is 19.5 Å². The highest BCUT2D eigenvalue weighted by Gasteiger charge is 2.27. The van der Waals surface area contributed by atoms with E-state index in [1.165, 1.54) is 12.0 Å². The van der Waals surface area contributed by atoms with E-state index in [2.05, 4.69) is 30.9 Å². The molecule has 2 rings (SSSR count). The summed E-state index contributed by atoms with van der Waals surface area (Å²) in [5.41, 5.74) is 1.21. The lowest BCUT2D eigenvalue weighted by atomic mass is 9.88. The molecule has 1 N–H and O–H groups in total. The minimum atomic E-state index is -0.204. The molecular weight excluding hydrogens is 290 g/mol. The van der Waals surface area contributed by atoms with Gasteiger partial charge in [0, 0.05) is 19.0 Å². The third kappa shape index (κ3) is 5.11. The van der Waals surface area contributed by atoms with Gasteiger partial charge in [-0.2, -0.15) is 0 Å². The number of benzene rings is 1. The number of hydrogen-bond donors (Lipinski definition) is 1. The maximum absolute atomic E-state index is 10.3. The van der Waals surface area contributed by atoms with Gasteiger partial charge in [0.2, 0.25) is 0 Å². The van der Waals surface area contributed by atoms with Crippen molar-refractivity contribution in [2.24, 2.45) is 5.92 Å². The Morgan fingerprint density at radius 1 is 1.22 bits per heavy atom.